The van der Waals surface area contributed by atoms with Crippen molar-refractivity contribution in [3.63, 3.8) is 0 Å². The highest BCUT2D eigenvalue weighted by molar-refractivity contribution is 5.94. The first-order chi connectivity index (χ1) is 10.9. The molecule has 0 unspecified atom stereocenters. The Morgan fingerprint density at radius 2 is 2.22 bits per heavy atom. The number of aryl methyl sites for hydroxylation is 2. The zero-order chi connectivity index (χ0) is 17.0. The molecule has 0 aliphatic heterocycles. The average Bonchev–Trinajstić information content (AvgIpc) is 2.79. The molecule has 1 aromatic carbocycles. The van der Waals surface area contributed by atoms with Crippen LogP contribution in [0.2, 0.25) is 0 Å². The Hall–Kier alpha value is -2.90. The fraction of sp³-hybridized carbons (Fsp3) is 0.333. The minimum Gasteiger partial charge on any atom is -0.434 e. The summed E-state index contributed by atoms with van der Waals surface area (Å²) < 4.78 is 6.90. The van der Waals surface area contributed by atoms with Gasteiger partial charge in [-0.05, 0) is 31.5 Å². The lowest BCUT2D eigenvalue weighted by Crippen LogP contribution is -2.23. The zero-order valence-electron chi connectivity index (χ0n) is 13.2. The van der Waals surface area contributed by atoms with Gasteiger partial charge in [0.1, 0.15) is 11.4 Å². The van der Waals surface area contributed by atoms with Crippen LogP contribution in [0.5, 0.6) is 11.6 Å². The van der Waals surface area contributed by atoms with Crippen LogP contribution < -0.4 is 10.1 Å². The maximum Gasteiger partial charge on any atom is 0.353 e. The van der Waals surface area contributed by atoms with Gasteiger partial charge in [-0.25, -0.2) is 4.68 Å². The molecule has 0 aliphatic rings. The Kier molecular flexibility index (Phi) is 4.95. The van der Waals surface area contributed by atoms with Crippen LogP contribution in [-0.2, 0) is 7.05 Å². The van der Waals surface area contributed by atoms with E-state index >= 15 is 0 Å². The summed E-state index contributed by atoms with van der Waals surface area (Å²) >= 11 is 0. The second-order valence-corrected chi connectivity index (χ2v) is 5.01. The lowest BCUT2D eigenvalue weighted by atomic mass is 10.2. The van der Waals surface area contributed by atoms with Crippen LogP contribution in [-0.4, -0.2) is 27.2 Å². The van der Waals surface area contributed by atoms with E-state index < -0.39 is 4.92 Å². The molecular weight excluding hydrogens is 300 g/mol. The number of nitro groups is 1. The molecule has 0 aliphatic carbocycles. The molecular formula is C15H18N4O4. The number of benzene rings is 1. The van der Waals surface area contributed by atoms with Gasteiger partial charge in [-0.1, -0.05) is 13.0 Å². The van der Waals surface area contributed by atoms with Crippen molar-refractivity contribution in [3.05, 3.63) is 45.6 Å². The maximum atomic E-state index is 12.0. The molecule has 1 heterocycles. The Morgan fingerprint density at radius 3 is 2.87 bits per heavy atom. The summed E-state index contributed by atoms with van der Waals surface area (Å²) in [5.41, 5.74) is 0.509. The Morgan fingerprint density at radius 1 is 1.48 bits per heavy atom. The van der Waals surface area contributed by atoms with Crippen LogP contribution in [0.15, 0.2) is 24.3 Å². The van der Waals surface area contributed by atoms with E-state index in [9.17, 15) is 14.9 Å². The summed E-state index contributed by atoms with van der Waals surface area (Å²) in [6, 6.07) is 6.48. The summed E-state index contributed by atoms with van der Waals surface area (Å²) in [4.78, 5) is 22.6. The fourth-order valence-corrected chi connectivity index (χ4v) is 2.10. The molecule has 0 spiro atoms. The number of hydrogen-bond donors (Lipinski definition) is 1. The first kappa shape index (κ1) is 16.5. The number of nitrogens with one attached hydrogen (secondary N) is 1. The van der Waals surface area contributed by atoms with E-state index in [4.69, 9.17) is 4.74 Å². The maximum absolute atomic E-state index is 12.0. The third-order valence-electron chi connectivity index (χ3n) is 3.17. The summed E-state index contributed by atoms with van der Waals surface area (Å²) in [5, 5.41) is 17.9. The average molecular weight is 318 g/mol. The minimum atomic E-state index is -0.532. The number of nitrogens with zero attached hydrogens (tertiary/aromatic N) is 3. The van der Waals surface area contributed by atoms with Crippen LogP contribution in [0.3, 0.4) is 0 Å². The lowest BCUT2D eigenvalue weighted by Gasteiger charge is -2.08. The summed E-state index contributed by atoms with van der Waals surface area (Å²) in [5.74, 6) is 0.145. The topological polar surface area (TPSA) is 99.3 Å². The quantitative estimate of drug-likeness (QED) is 0.652. The van der Waals surface area contributed by atoms with E-state index in [-0.39, 0.29) is 23.2 Å². The summed E-state index contributed by atoms with van der Waals surface area (Å²) in [7, 11) is 1.56. The van der Waals surface area contributed by atoms with E-state index in [2.05, 4.69) is 10.4 Å². The molecule has 0 bridgehead atoms. The number of rotatable bonds is 6. The summed E-state index contributed by atoms with van der Waals surface area (Å²) in [6.07, 6.45) is 0.836. The molecule has 23 heavy (non-hydrogen) atoms. The van der Waals surface area contributed by atoms with Crippen LogP contribution in [0.4, 0.5) is 5.69 Å². The SMILES string of the molecule is CCCNC(=O)c1cccc(Oc2c([N+](=O)[O-])c(C)nn2C)c1. The largest absolute Gasteiger partial charge is 0.434 e. The number of carbonyl (C=O) groups excluding carboxylic acids is 1. The highest BCUT2D eigenvalue weighted by Gasteiger charge is 2.26. The normalized spacial score (nSPS) is 10.4. The smallest absolute Gasteiger partial charge is 0.353 e. The first-order valence-electron chi connectivity index (χ1n) is 7.18. The molecule has 2 aromatic rings. The molecule has 0 fully saturated rings. The molecule has 2 rings (SSSR count). The highest BCUT2D eigenvalue weighted by Crippen LogP contribution is 2.33. The van der Waals surface area contributed by atoms with Crippen molar-refractivity contribution < 1.29 is 14.5 Å². The summed E-state index contributed by atoms with van der Waals surface area (Å²) in [6.45, 7) is 4.08. The predicted molar refractivity (Wildman–Crippen MR) is 83.7 cm³/mol. The van der Waals surface area contributed by atoms with Gasteiger partial charge in [0.05, 0.1) is 4.92 Å². The molecule has 8 nitrogen and oxygen atoms in total. The minimum absolute atomic E-state index is 0.0265. The standard InChI is InChI=1S/C15H18N4O4/c1-4-8-16-14(20)11-6-5-7-12(9-11)23-15-13(19(21)22)10(2)17-18(15)3/h5-7,9H,4,8H2,1-3H3,(H,16,20). The van der Waals surface area contributed by atoms with Gasteiger partial charge in [-0.15, -0.1) is 0 Å². The predicted octanol–water partition coefficient (Wildman–Crippen LogP) is 2.57. The molecule has 8 heteroatoms. The monoisotopic (exact) mass is 318 g/mol. The van der Waals surface area contributed by atoms with E-state index in [1.165, 1.54) is 10.7 Å². The lowest BCUT2D eigenvalue weighted by molar-refractivity contribution is -0.386. The fourth-order valence-electron chi connectivity index (χ4n) is 2.10. The van der Waals surface area contributed by atoms with Gasteiger partial charge in [0.25, 0.3) is 11.8 Å². The van der Waals surface area contributed by atoms with Crippen molar-refractivity contribution in [1.82, 2.24) is 15.1 Å². The molecule has 0 radical (unpaired) electrons. The van der Waals surface area contributed by atoms with Gasteiger partial charge in [-0.2, -0.15) is 5.10 Å². The van der Waals surface area contributed by atoms with Crippen molar-refractivity contribution in [2.24, 2.45) is 7.05 Å². The van der Waals surface area contributed by atoms with Gasteiger partial charge in [0.15, 0.2) is 0 Å². The number of aromatic nitrogens is 2. The van der Waals surface area contributed by atoms with Gasteiger partial charge >= 0.3 is 5.69 Å². The van der Waals surface area contributed by atoms with E-state index in [0.29, 0.717) is 17.9 Å². The third kappa shape index (κ3) is 3.65. The zero-order valence-corrected chi connectivity index (χ0v) is 13.2. The van der Waals surface area contributed by atoms with E-state index in [0.717, 1.165) is 6.42 Å². The number of ether oxygens (including phenoxy) is 1. The Balaban J connectivity index is 2.28. The molecule has 1 N–H and O–H groups in total. The third-order valence-corrected chi connectivity index (χ3v) is 3.17. The molecule has 0 saturated carbocycles. The van der Waals surface area contributed by atoms with Gasteiger partial charge < -0.3 is 10.1 Å². The van der Waals surface area contributed by atoms with Crippen molar-refractivity contribution in [3.8, 4) is 11.6 Å². The molecule has 0 atom stereocenters. The second-order valence-electron chi connectivity index (χ2n) is 5.01. The van der Waals surface area contributed by atoms with E-state index in [1.54, 1.807) is 32.2 Å². The number of carbonyl (C=O) groups is 1. The van der Waals surface area contributed by atoms with Crippen molar-refractivity contribution in [2.45, 2.75) is 20.3 Å². The van der Waals surface area contributed by atoms with Crippen LogP contribution in [0.25, 0.3) is 0 Å². The molecule has 1 aromatic heterocycles. The van der Waals surface area contributed by atoms with E-state index in [1.807, 2.05) is 6.92 Å². The first-order valence-corrected chi connectivity index (χ1v) is 7.18. The van der Waals surface area contributed by atoms with Gasteiger partial charge in [0.2, 0.25) is 0 Å². The van der Waals surface area contributed by atoms with Gasteiger partial charge in [-0.3, -0.25) is 14.9 Å². The number of hydrogen-bond acceptors (Lipinski definition) is 5. The Bertz CT molecular complexity index is 739. The molecule has 0 saturated heterocycles. The van der Waals surface area contributed by atoms with Crippen molar-refractivity contribution >= 4 is 11.6 Å². The highest BCUT2D eigenvalue weighted by atomic mass is 16.6. The van der Waals surface area contributed by atoms with Crippen molar-refractivity contribution in [2.75, 3.05) is 6.54 Å². The van der Waals surface area contributed by atoms with Crippen LogP contribution >= 0.6 is 0 Å². The van der Waals surface area contributed by atoms with Gasteiger partial charge in [0, 0.05) is 19.2 Å². The molecule has 122 valence electrons. The van der Waals surface area contributed by atoms with Crippen LogP contribution in [0.1, 0.15) is 29.4 Å². The Labute approximate surface area is 133 Å². The van der Waals surface area contributed by atoms with Crippen LogP contribution in [0, 0.1) is 17.0 Å². The van der Waals surface area contributed by atoms with Crippen molar-refractivity contribution in [1.29, 1.82) is 0 Å². The molecule has 1 amide bonds. The second kappa shape index (κ2) is 6.91. The number of amides is 1.